The number of nitrogens with zero attached hydrogens (tertiary/aromatic N) is 2. The molecule has 1 aromatic carbocycles. The number of urea groups is 1. The van der Waals surface area contributed by atoms with Gasteiger partial charge in [-0.15, -0.1) is 0 Å². The summed E-state index contributed by atoms with van der Waals surface area (Å²) >= 11 is 0. The number of carbonyl (C=O) groups is 1. The van der Waals surface area contributed by atoms with Crippen LogP contribution in [0.15, 0.2) is 24.3 Å². The highest BCUT2D eigenvalue weighted by Gasteiger charge is 2.41. The molecule has 6 nitrogen and oxygen atoms in total. The smallest absolute Gasteiger partial charge is 0.317 e. The van der Waals surface area contributed by atoms with Crippen molar-refractivity contribution in [3.8, 4) is 5.75 Å². The van der Waals surface area contributed by atoms with Gasteiger partial charge < -0.3 is 25.0 Å². The molecule has 2 aliphatic heterocycles. The van der Waals surface area contributed by atoms with E-state index >= 15 is 0 Å². The lowest BCUT2D eigenvalue weighted by Gasteiger charge is -2.23. The molecule has 2 amide bonds. The van der Waals surface area contributed by atoms with E-state index in [1.54, 1.807) is 6.92 Å². The van der Waals surface area contributed by atoms with E-state index in [4.69, 9.17) is 4.74 Å². The molecule has 0 bridgehead atoms. The van der Waals surface area contributed by atoms with Crippen LogP contribution in [0.25, 0.3) is 0 Å². The lowest BCUT2D eigenvalue weighted by Crippen LogP contribution is -2.42. The molecule has 2 heterocycles. The van der Waals surface area contributed by atoms with Gasteiger partial charge in [0.15, 0.2) is 0 Å². The van der Waals surface area contributed by atoms with Crippen LogP contribution in [0, 0.1) is 11.8 Å². The van der Waals surface area contributed by atoms with Crippen LogP contribution in [-0.2, 0) is 0 Å². The summed E-state index contributed by atoms with van der Waals surface area (Å²) in [6, 6.07) is 8.20. The zero-order valence-electron chi connectivity index (χ0n) is 14.4. The van der Waals surface area contributed by atoms with Crippen LogP contribution in [0.5, 0.6) is 5.75 Å². The van der Waals surface area contributed by atoms with Crippen molar-refractivity contribution in [3.05, 3.63) is 24.3 Å². The minimum absolute atomic E-state index is 0.0575. The number of amides is 2. The number of likely N-dealkylation sites (tertiary alicyclic amines) is 1. The number of rotatable bonds is 5. The van der Waals surface area contributed by atoms with Gasteiger partial charge in [0.05, 0.1) is 12.7 Å². The molecular formula is C18H27N3O3. The fourth-order valence-corrected chi connectivity index (χ4v) is 3.64. The highest BCUT2D eigenvalue weighted by Crippen LogP contribution is 2.34. The Hall–Kier alpha value is -1.95. The third-order valence-corrected chi connectivity index (χ3v) is 4.84. The molecule has 0 radical (unpaired) electrons. The maximum atomic E-state index is 12.1. The number of carbonyl (C=O) groups excluding carboxylic acids is 1. The highest BCUT2D eigenvalue weighted by molar-refractivity contribution is 5.74. The molecule has 2 unspecified atom stereocenters. The molecule has 0 aliphatic carbocycles. The van der Waals surface area contributed by atoms with Gasteiger partial charge in [-0.1, -0.05) is 0 Å². The molecule has 3 rings (SSSR count). The number of aliphatic hydroxyl groups excluding tert-OH is 1. The van der Waals surface area contributed by atoms with Gasteiger partial charge in [-0.05, 0) is 38.1 Å². The summed E-state index contributed by atoms with van der Waals surface area (Å²) in [6.07, 6.45) is -0.508. The van der Waals surface area contributed by atoms with Crippen molar-refractivity contribution in [2.75, 3.05) is 44.2 Å². The van der Waals surface area contributed by atoms with E-state index < -0.39 is 6.10 Å². The molecule has 0 saturated carbocycles. The van der Waals surface area contributed by atoms with Gasteiger partial charge >= 0.3 is 6.03 Å². The number of anilines is 1. The molecule has 0 aromatic heterocycles. The predicted molar refractivity (Wildman–Crippen MR) is 93.5 cm³/mol. The molecule has 2 fully saturated rings. The Morgan fingerprint density at radius 3 is 2.42 bits per heavy atom. The lowest BCUT2D eigenvalue weighted by atomic mass is 10.0. The molecule has 24 heavy (non-hydrogen) atoms. The summed E-state index contributed by atoms with van der Waals surface area (Å²) < 4.78 is 5.49. The van der Waals surface area contributed by atoms with Crippen molar-refractivity contribution in [3.63, 3.8) is 0 Å². The van der Waals surface area contributed by atoms with E-state index in [9.17, 15) is 9.90 Å². The molecule has 3 atom stereocenters. The van der Waals surface area contributed by atoms with Crippen LogP contribution >= 0.6 is 0 Å². The van der Waals surface area contributed by atoms with Crippen LogP contribution in [0.1, 0.15) is 13.8 Å². The highest BCUT2D eigenvalue weighted by atomic mass is 16.5. The molecule has 132 valence electrons. The number of nitrogens with one attached hydrogen (secondary N) is 1. The van der Waals surface area contributed by atoms with Gasteiger partial charge in [0, 0.05) is 50.2 Å². The second kappa shape index (κ2) is 7.30. The fourth-order valence-electron chi connectivity index (χ4n) is 3.64. The number of benzene rings is 1. The summed E-state index contributed by atoms with van der Waals surface area (Å²) in [4.78, 5) is 16.4. The van der Waals surface area contributed by atoms with Gasteiger partial charge in [0.2, 0.25) is 0 Å². The summed E-state index contributed by atoms with van der Waals surface area (Å²) in [5.74, 6) is 1.95. The fraction of sp³-hybridized carbons (Fsp3) is 0.611. The second-order valence-corrected chi connectivity index (χ2v) is 6.79. The minimum atomic E-state index is -0.508. The van der Waals surface area contributed by atoms with Crippen molar-refractivity contribution in [1.29, 1.82) is 0 Å². The average molecular weight is 333 g/mol. The zero-order chi connectivity index (χ0) is 17.1. The minimum Gasteiger partial charge on any atom is -0.494 e. The van der Waals surface area contributed by atoms with E-state index in [-0.39, 0.29) is 6.03 Å². The Labute approximate surface area is 143 Å². The Morgan fingerprint density at radius 2 is 1.88 bits per heavy atom. The number of aliphatic hydroxyl groups is 1. The maximum absolute atomic E-state index is 12.1. The Bertz CT molecular complexity index is 547. The van der Waals surface area contributed by atoms with E-state index in [0.717, 1.165) is 31.9 Å². The first-order valence-electron chi connectivity index (χ1n) is 8.75. The first-order chi connectivity index (χ1) is 11.6. The SMILES string of the molecule is CCOc1ccc(N2CC3CN(C(=O)NC[C@@H](C)O)CC3C2)cc1. The van der Waals surface area contributed by atoms with Crippen molar-refractivity contribution < 1.29 is 14.6 Å². The molecule has 0 spiro atoms. The van der Waals surface area contributed by atoms with E-state index in [2.05, 4.69) is 22.3 Å². The van der Waals surface area contributed by atoms with E-state index in [1.807, 2.05) is 24.0 Å². The Balaban J connectivity index is 1.52. The average Bonchev–Trinajstić information content (AvgIpc) is 3.12. The van der Waals surface area contributed by atoms with Crippen LogP contribution in [0.3, 0.4) is 0 Å². The molecule has 6 heteroatoms. The largest absolute Gasteiger partial charge is 0.494 e. The standard InChI is InChI=1S/C18H27N3O3/c1-3-24-17-6-4-16(5-7-17)20-9-14-11-21(12-15(14)10-20)18(23)19-8-13(2)22/h4-7,13-15,22H,3,8-12H2,1-2H3,(H,19,23)/t13-,14?,15?/m1/s1. The van der Waals surface area contributed by atoms with Crippen molar-refractivity contribution in [2.45, 2.75) is 20.0 Å². The van der Waals surface area contributed by atoms with E-state index in [0.29, 0.717) is 25.0 Å². The van der Waals surface area contributed by atoms with Crippen LogP contribution in [0.2, 0.25) is 0 Å². The van der Waals surface area contributed by atoms with Gasteiger partial charge in [0.1, 0.15) is 5.75 Å². The normalized spacial score (nSPS) is 24.0. The lowest BCUT2D eigenvalue weighted by molar-refractivity contribution is 0.175. The number of fused-ring (bicyclic) bond motifs is 1. The second-order valence-electron chi connectivity index (χ2n) is 6.79. The van der Waals surface area contributed by atoms with Crippen LogP contribution < -0.4 is 15.0 Å². The first kappa shape index (κ1) is 16.9. The molecule has 2 N–H and O–H groups in total. The predicted octanol–water partition coefficient (Wildman–Crippen LogP) is 1.54. The third-order valence-electron chi connectivity index (χ3n) is 4.84. The first-order valence-corrected chi connectivity index (χ1v) is 8.75. The van der Waals surface area contributed by atoms with Gasteiger partial charge in [-0.2, -0.15) is 0 Å². The quantitative estimate of drug-likeness (QED) is 0.858. The van der Waals surface area contributed by atoms with Crippen molar-refractivity contribution in [2.24, 2.45) is 11.8 Å². The maximum Gasteiger partial charge on any atom is 0.317 e. The Kier molecular flexibility index (Phi) is 5.14. The zero-order valence-corrected chi connectivity index (χ0v) is 14.4. The molecule has 2 aliphatic rings. The van der Waals surface area contributed by atoms with Gasteiger partial charge in [-0.3, -0.25) is 0 Å². The molecule has 1 aromatic rings. The summed E-state index contributed by atoms with van der Waals surface area (Å²) in [7, 11) is 0. The summed E-state index contributed by atoms with van der Waals surface area (Å²) in [5.41, 5.74) is 1.22. The number of ether oxygens (including phenoxy) is 1. The van der Waals surface area contributed by atoms with Crippen LogP contribution in [0.4, 0.5) is 10.5 Å². The summed E-state index contributed by atoms with van der Waals surface area (Å²) in [6.45, 7) is 8.21. The Morgan fingerprint density at radius 1 is 1.25 bits per heavy atom. The van der Waals surface area contributed by atoms with Gasteiger partial charge in [-0.25, -0.2) is 4.79 Å². The monoisotopic (exact) mass is 333 g/mol. The van der Waals surface area contributed by atoms with Crippen molar-refractivity contribution >= 4 is 11.7 Å². The number of hydrogen-bond acceptors (Lipinski definition) is 4. The topological polar surface area (TPSA) is 65.0 Å². The van der Waals surface area contributed by atoms with Gasteiger partial charge in [0.25, 0.3) is 0 Å². The molecule has 2 saturated heterocycles. The van der Waals surface area contributed by atoms with E-state index in [1.165, 1.54) is 5.69 Å². The van der Waals surface area contributed by atoms with Crippen molar-refractivity contribution in [1.82, 2.24) is 10.2 Å². The molecular weight excluding hydrogens is 306 g/mol. The number of hydrogen-bond donors (Lipinski definition) is 2. The third kappa shape index (κ3) is 3.75. The summed E-state index contributed by atoms with van der Waals surface area (Å²) in [5, 5.41) is 12.1. The van der Waals surface area contributed by atoms with Crippen LogP contribution in [-0.4, -0.2) is 61.5 Å².